The van der Waals surface area contributed by atoms with E-state index >= 15 is 0 Å². The van der Waals surface area contributed by atoms with E-state index in [0.29, 0.717) is 27.9 Å². The summed E-state index contributed by atoms with van der Waals surface area (Å²) >= 11 is 3.56. The van der Waals surface area contributed by atoms with Crippen LogP contribution in [0.2, 0.25) is 0 Å². The van der Waals surface area contributed by atoms with E-state index in [9.17, 15) is 24.3 Å². The number of fused-ring (bicyclic) bond motifs is 2. The number of rotatable bonds is 5. The van der Waals surface area contributed by atoms with Crippen LogP contribution in [0.1, 0.15) is 31.4 Å². The third-order valence-corrected chi connectivity index (χ3v) is 9.85. The molecule has 0 aliphatic carbocycles. The first-order chi connectivity index (χ1) is 22.2. The molecule has 0 saturated carbocycles. The molecule has 2 saturated heterocycles. The minimum absolute atomic E-state index is 0.0390. The summed E-state index contributed by atoms with van der Waals surface area (Å²) in [5.41, 5.74) is -0.269. The molecule has 0 radical (unpaired) electrons. The van der Waals surface area contributed by atoms with Crippen molar-refractivity contribution in [1.29, 1.82) is 0 Å². The number of cyclic esters (lactones) is 1. The Labute approximate surface area is 275 Å². The molecule has 2 fully saturated rings. The van der Waals surface area contributed by atoms with Gasteiger partial charge in [0.2, 0.25) is 11.8 Å². The molecule has 46 heavy (non-hydrogen) atoms. The topological polar surface area (TPSA) is 135 Å². The molecule has 11 nitrogen and oxygen atoms in total. The van der Waals surface area contributed by atoms with Gasteiger partial charge in [-0.15, -0.1) is 0 Å². The third-order valence-electron chi connectivity index (χ3n) is 9.17. The molecule has 4 heterocycles. The van der Waals surface area contributed by atoms with Gasteiger partial charge in [0.05, 0.1) is 32.2 Å². The molecule has 6 rings (SSSR count). The first-order valence-electron chi connectivity index (χ1n) is 15.3. The van der Waals surface area contributed by atoms with Crippen LogP contribution in [0.4, 0.5) is 5.69 Å². The van der Waals surface area contributed by atoms with Gasteiger partial charge in [-0.2, -0.15) is 0 Å². The average Bonchev–Trinajstić information content (AvgIpc) is 3.67. The Balaban J connectivity index is 1.46. The number of aliphatic hydroxyl groups excluding tert-OH is 1. The Bertz CT molecular complexity index is 1560. The molecular formula is C34H36BrN3O8. The molecule has 2 N–H and O–H groups in total. The zero-order chi connectivity index (χ0) is 32.6. The first-order valence-corrected chi connectivity index (χ1v) is 16.1. The van der Waals surface area contributed by atoms with Crippen LogP contribution in [0.15, 0.2) is 77.3 Å². The van der Waals surface area contributed by atoms with E-state index in [1.807, 2.05) is 24.3 Å². The van der Waals surface area contributed by atoms with Crippen LogP contribution < -0.4 is 15.0 Å². The van der Waals surface area contributed by atoms with Gasteiger partial charge in [-0.3, -0.25) is 19.2 Å². The van der Waals surface area contributed by atoms with Crippen molar-refractivity contribution in [2.24, 2.45) is 11.8 Å². The van der Waals surface area contributed by atoms with Gasteiger partial charge in [0, 0.05) is 23.1 Å². The lowest BCUT2D eigenvalue weighted by Crippen LogP contribution is -2.58. The fourth-order valence-corrected chi connectivity index (χ4v) is 7.66. The van der Waals surface area contributed by atoms with Gasteiger partial charge in [0.15, 0.2) is 0 Å². The summed E-state index contributed by atoms with van der Waals surface area (Å²) in [6.07, 6.45) is 4.28. The number of nitrogens with one attached hydrogen (secondary N) is 1. The Kier molecular flexibility index (Phi) is 9.04. The number of carbonyl (C=O) groups excluding carboxylic acids is 4. The standard InChI is InChI=1S/C34H36BrN3O8/c1-20(19-39)38-30-32(42)37(22-12-14-23(44-2)15-13-22)16-8-4-7-11-26(40)36-18-25(21-9-5-3-6-10-21)45-33(43)27-28(31(38)41)34(30)17-24(35)29(27)46-34/h3-6,8-10,12-15,17,20,25,27-30,39H,7,11,16,18-19H2,1-2H3,(H,36,40)/b8-4-/t20-,25-,27-,28+,29-,30-,34+/m1/s1. The number of hydrogen-bond donors (Lipinski definition) is 2. The van der Waals surface area contributed by atoms with Gasteiger partial charge in [-0.25, -0.2) is 0 Å². The molecule has 0 aromatic heterocycles. The van der Waals surface area contributed by atoms with E-state index in [-0.39, 0.29) is 25.4 Å². The lowest BCUT2D eigenvalue weighted by molar-refractivity contribution is -0.160. The van der Waals surface area contributed by atoms with E-state index in [1.165, 1.54) is 9.80 Å². The molecule has 4 aliphatic rings. The summed E-state index contributed by atoms with van der Waals surface area (Å²) in [4.78, 5) is 59.0. The number of hydrogen-bond acceptors (Lipinski definition) is 8. The SMILES string of the molecule is COc1ccc(N2C/C=C\CCC(=O)NC[C@H](c3ccccc3)OC(=O)[C@H]3[C@@H]4O[C@@]5(C=C4Br)[C@@H]3C(=O)N([C@H](C)CO)[C@@H]5C2=O)cc1. The van der Waals surface area contributed by atoms with Crippen LogP contribution in [0.5, 0.6) is 5.75 Å². The van der Waals surface area contributed by atoms with Crippen molar-refractivity contribution in [3.05, 3.63) is 82.9 Å². The fraction of sp³-hybridized carbons (Fsp3) is 0.412. The van der Waals surface area contributed by atoms with E-state index in [2.05, 4.69) is 21.2 Å². The van der Waals surface area contributed by atoms with Crippen molar-refractivity contribution in [3.8, 4) is 5.75 Å². The molecule has 7 atom stereocenters. The largest absolute Gasteiger partial charge is 0.497 e. The maximum atomic E-state index is 14.8. The normalized spacial score (nSPS) is 31.2. The quantitative estimate of drug-likeness (QED) is 0.361. The minimum atomic E-state index is -1.50. The predicted molar refractivity (Wildman–Crippen MR) is 171 cm³/mol. The fourth-order valence-electron chi connectivity index (χ4n) is 6.92. The highest BCUT2D eigenvalue weighted by Gasteiger charge is 2.75. The zero-order valence-corrected chi connectivity index (χ0v) is 27.1. The van der Waals surface area contributed by atoms with Crippen LogP contribution >= 0.6 is 15.9 Å². The maximum absolute atomic E-state index is 14.8. The Morgan fingerprint density at radius 3 is 2.50 bits per heavy atom. The summed E-state index contributed by atoms with van der Waals surface area (Å²) in [6, 6.07) is 14.1. The van der Waals surface area contributed by atoms with Crippen molar-refractivity contribution in [3.63, 3.8) is 0 Å². The third kappa shape index (κ3) is 5.52. The van der Waals surface area contributed by atoms with Crippen LogP contribution in [0, 0.1) is 11.8 Å². The van der Waals surface area contributed by atoms with Crippen LogP contribution in [-0.2, 0) is 28.7 Å². The predicted octanol–water partition coefficient (Wildman–Crippen LogP) is 3.03. The second-order valence-corrected chi connectivity index (χ2v) is 12.8. The molecule has 242 valence electrons. The summed E-state index contributed by atoms with van der Waals surface area (Å²) in [5.74, 6) is -3.37. The van der Waals surface area contributed by atoms with Gasteiger partial charge in [-0.1, -0.05) is 58.4 Å². The number of carbonyl (C=O) groups is 4. The molecule has 1 spiro atoms. The molecule has 3 amide bonds. The van der Waals surface area contributed by atoms with E-state index < -0.39 is 66.1 Å². The van der Waals surface area contributed by atoms with Crippen molar-refractivity contribution in [2.45, 2.75) is 49.7 Å². The molecule has 2 aromatic rings. The molecule has 4 aliphatic heterocycles. The number of halogens is 1. The van der Waals surface area contributed by atoms with Gasteiger partial charge in [0.1, 0.15) is 35.5 Å². The molecule has 2 aromatic carbocycles. The molecular weight excluding hydrogens is 658 g/mol. The number of amides is 3. The second kappa shape index (κ2) is 13.0. The number of benzene rings is 2. The van der Waals surface area contributed by atoms with Gasteiger partial charge in [0.25, 0.3) is 5.91 Å². The molecule has 5 bridgehead atoms. The lowest BCUT2D eigenvalue weighted by atomic mass is 9.74. The molecule has 0 unspecified atom stereocenters. The molecule has 12 heteroatoms. The Morgan fingerprint density at radius 1 is 1.07 bits per heavy atom. The van der Waals surface area contributed by atoms with Crippen molar-refractivity contribution < 1.29 is 38.5 Å². The van der Waals surface area contributed by atoms with Gasteiger partial charge >= 0.3 is 5.97 Å². The summed E-state index contributed by atoms with van der Waals surface area (Å²) in [7, 11) is 1.55. The monoisotopic (exact) mass is 693 g/mol. The maximum Gasteiger partial charge on any atom is 0.313 e. The second-order valence-electron chi connectivity index (χ2n) is 11.9. The number of ether oxygens (including phenoxy) is 3. The smallest absolute Gasteiger partial charge is 0.313 e. The van der Waals surface area contributed by atoms with Crippen LogP contribution in [-0.4, -0.2) is 84.3 Å². The number of aliphatic hydroxyl groups is 1. The van der Waals surface area contributed by atoms with Crippen molar-refractivity contribution in [2.75, 3.05) is 31.7 Å². The highest BCUT2D eigenvalue weighted by Crippen LogP contribution is 2.59. The minimum Gasteiger partial charge on any atom is -0.497 e. The van der Waals surface area contributed by atoms with Gasteiger partial charge in [-0.05, 0) is 49.2 Å². The summed E-state index contributed by atoms with van der Waals surface area (Å²) in [6.45, 7) is 1.43. The zero-order valence-electron chi connectivity index (χ0n) is 25.5. The van der Waals surface area contributed by atoms with Crippen LogP contribution in [0.3, 0.4) is 0 Å². The number of allylic oxidation sites excluding steroid dienone is 1. The number of likely N-dealkylation sites (tertiary alicyclic amines) is 1. The number of anilines is 1. The lowest BCUT2D eigenvalue weighted by Gasteiger charge is -2.37. The van der Waals surface area contributed by atoms with E-state index in [0.717, 1.165) is 0 Å². The summed E-state index contributed by atoms with van der Waals surface area (Å²) in [5, 5.41) is 13.1. The number of esters is 1. The summed E-state index contributed by atoms with van der Waals surface area (Å²) < 4.78 is 18.5. The van der Waals surface area contributed by atoms with E-state index in [1.54, 1.807) is 62.6 Å². The van der Waals surface area contributed by atoms with Gasteiger partial charge < -0.3 is 34.4 Å². The number of methoxy groups -OCH3 is 1. The van der Waals surface area contributed by atoms with Crippen molar-refractivity contribution in [1.82, 2.24) is 10.2 Å². The van der Waals surface area contributed by atoms with E-state index in [4.69, 9.17) is 14.2 Å². The average molecular weight is 695 g/mol. The Hall–Kier alpha value is -4.00. The van der Waals surface area contributed by atoms with Crippen LogP contribution in [0.25, 0.3) is 0 Å². The highest BCUT2D eigenvalue weighted by molar-refractivity contribution is 9.11. The first kappa shape index (κ1) is 32.0. The highest BCUT2D eigenvalue weighted by atomic mass is 79.9. The van der Waals surface area contributed by atoms with Crippen molar-refractivity contribution >= 4 is 45.3 Å². The number of nitrogens with zero attached hydrogens (tertiary/aromatic N) is 2. The Morgan fingerprint density at radius 2 is 1.80 bits per heavy atom.